The number of aryl methyl sites for hydroxylation is 2. The summed E-state index contributed by atoms with van der Waals surface area (Å²) in [6.07, 6.45) is 1.00. The molecule has 164 valence electrons. The van der Waals surface area contributed by atoms with Crippen LogP contribution < -0.4 is 11.1 Å². The number of hydrogen-bond acceptors (Lipinski definition) is 5. The maximum absolute atomic E-state index is 13.4. The van der Waals surface area contributed by atoms with Crippen molar-refractivity contribution in [2.75, 3.05) is 11.1 Å². The topological polar surface area (TPSA) is 95.6 Å². The average molecular weight is 429 g/mol. The molecule has 2 aliphatic rings. The Morgan fingerprint density at radius 2 is 1.69 bits per heavy atom. The van der Waals surface area contributed by atoms with Gasteiger partial charge < -0.3 is 21.3 Å². The normalized spacial score (nSPS) is 21.8. The molecule has 0 spiro atoms. The molecule has 2 aliphatic carbocycles. The van der Waals surface area contributed by atoms with Gasteiger partial charge in [0.2, 0.25) is 0 Å². The maximum Gasteiger partial charge on any atom is 0.193 e. The van der Waals surface area contributed by atoms with Crippen LogP contribution >= 0.6 is 0 Å². The first-order chi connectivity index (χ1) is 15.2. The molecule has 1 unspecified atom stereocenters. The van der Waals surface area contributed by atoms with Crippen molar-refractivity contribution in [3.05, 3.63) is 88.5 Å². The summed E-state index contributed by atoms with van der Waals surface area (Å²) >= 11 is 0. The van der Waals surface area contributed by atoms with Crippen molar-refractivity contribution in [3.63, 3.8) is 0 Å². The molecular weight excluding hydrogens is 400 g/mol. The lowest BCUT2D eigenvalue weighted by Crippen LogP contribution is -2.26. The van der Waals surface area contributed by atoms with E-state index in [1.54, 1.807) is 6.07 Å². The lowest BCUT2D eigenvalue weighted by molar-refractivity contribution is -0.0260. The second-order valence-corrected chi connectivity index (χ2v) is 9.72. The summed E-state index contributed by atoms with van der Waals surface area (Å²) in [5, 5.41) is 24.9. The van der Waals surface area contributed by atoms with Crippen LogP contribution in [0.1, 0.15) is 59.0 Å². The van der Waals surface area contributed by atoms with E-state index in [1.165, 1.54) is 0 Å². The third-order valence-corrected chi connectivity index (χ3v) is 7.16. The number of aliphatic hydroxyl groups is 2. The van der Waals surface area contributed by atoms with Gasteiger partial charge >= 0.3 is 0 Å². The van der Waals surface area contributed by atoms with Gasteiger partial charge in [-0.15, -0.1) is 0 Å². The first kappa shape index (κ1) is 20.7. The molecule has 0 aliphatic heterocycles. The van der Waals surface area contributed by atoms with Gasteiger partial charge in [0.25, 0.3) is 0 Å². The second kappa shape index (κ2) is 7.19. The number of nitrogen functional groups attached to an aromatic ring is 1. The first-order valence-corrected chi connectivity index (χ1v) is 11.0. The molecule has 5 rings (SSSR count). The van der Waals surface area contributed by atoms with Crippen LogP contribution in [0.15, 0.2) is 60.7 Å². The third-order valence-electron chi connectivity index (χ3n) is 7.16. The number of benzene rings is 3. The molecule has 1 saturated carbocycles. The number of aliphatic hydroxyl groups excluding tert-OH is 1. The lowest BCUT2D eigenvalue weighted by Gasteiger charge is -2.22. The first-order valence-electron chi connectivity index (χ1n) is 11.0. The summed E-state index contributed by atoms with van der Waals surface area (Å²) in [6, 6.07) is 18.9. The molecule has 3 aromatic rings. The molecule has 3 aromatic carbocycles. The summed E-state index contributed by atoms with van der Waals surface area (Å²) in [6.45, 7) is 3.88. The van der Waals surface area contributed by atoms with Crippen molar-refractivity contribution < 1.29 is 15.0 Å². The van der Waals surface area contributed by atoms with Gasteiger partial charge in [0.05, 0.1) is 11.4 Å². The summed E-state index contributed by atoms with van der Waals surface area (Å²) < 4.78 is 0. The van der Waals surface area contributed by atoms with E-state index in [-0.39, 0.29) is 11.2 Å². The number of ketones is 1. The van der Waals surface area contributed by atoms with Crippen LogP contribution in [0.2, 0.25) is 0 Å². The fraction of sp³-hybridized carbons (Fsp3) is 0.296. The lowest BCUT2D eigenvalue weighted by atomic mass is 9.91. The Labute approximate surface area is 187 Å². The van der Waals surface area contributed by atoms with Crippen molar-refractivity contribution in [2.45, 2.75) is 44.8 Å². The minimum atomic E-state index is -1.15. The van der Waals surface area contributed by atoms with Crippen molar-refractivity contribution in [3.8, 4) is 0 Å². The van der Waals surface area contributed by atoms with Gasteiger partial charge in [0.1, 0.15) is 11.7 Å². The Morgan fingerprint density at radius 3 is 2.41 bits per heavy atom. The highest BCUT2D eigenvalue weighted by Gasteiger charge is 2.64. The van der Waals surface area contributed by atoms with E-state index in [9.17, 15) is 15.0 Å². The largest absolute Gasteiger partial charge is 0.397 e. The Balaban J connectivity index is 1.46. The van der Waals surface area contributed by atoms with Crippen molar-refractivity contribution >= 4 is 22.8 Å². The molecule has 1 fully saturated rings. The van der Waals surface area contributed by atoms with E-state index in [4.69, 9.17) is 5.73 Å². The Morgan fingerprint density at radius 1 is 0.969 bits per heavy atom. The SMILES string of the molecule is CC1(C)C[C@@]1(O)C(O)c1ccc2c(c1)C(=O)c1ccc(Nc3ccccc3N)cc1CC2. The summed E-state index contributed by atoms with van der Waals surface area (Å²) in [5.41, 5.74) is 10.8. The molecule has 5 nitrogen and oxygen atoms in total. The smallest absolute Gasteiger partial charge is 0.193 e. The van der Waals surface area contributed by atoms with Gasteiger partial charge in [0, 0.05) is 16.8 Å². The number of para-hydroxylation sites is 2. The second-order valence-electron chi connectivity index (χ2n) is 9.72. The van der Waals surface area contributed by atoms with E-state index < -0.39 is 11.7 Å². The fourth-order valence-corrected chi connectivity index (χ4v) is 4.85. The zero-order valence-corrected chi connectivity index (χ0v) is 18.4. The van der Waals surface area contributed by atoms with Crippen molar-refractivity contribution in [2.24, 2.45) is 5.41 Å². The number of nitrogens with two attached hydrogens (primary N) is 1. The molecule has 0 radical (unpaired) electrons. The third kappa shape index (κ3) is 3.29. The van der Waals surface area contributed by atoms with Gasteiger partial charge in [-0.2, -0.15) is 0 Å². The summed E-state index contributed by atoms with van der Waals surface area (Å²) in [4.78, 5) is 13.4. The minimum absolute atomic E-state index is 0.0469. The van der Waals surface area contributed by atoms with Crippen molar-refractivity contribution in [1.29, 1.82) is 0 Å². The summed E-state index contributed by atoms with van der Waals surface area (Å²) in [5.74, 6) is -0.0469. The van der Waals surface area contributed by atoms with E-state index in [2.05, 4.69) is 5.32 Å². The number of rotatable bonds is 4. The molecule has 5 heteroatoms. The monoisotopic (exact) mass is 428 g/mol. The zero-order chi connectivity index (χ0) is 22.7. The molecule has 32 heavy (non-hydrogen) atoms. The van der Waals surface area contributed by atoms with Gasteiger partial charge in [-0.1, -0.05) is 38.1 Å². The minimum Gasteiger partial charge on any atom is -0.397 e. The molecule has 0 bridgehead atoms. The van der Waals surface area contributed by atoms with Gasteiger partial charge in [-0.25, -0.2) is 0 Å². The number of fused-ring (bicyclic) bond motifs is 2. The number of anilines is 3. The number of carbonyl (C=O) groups is 1. The standard InChI is InChI=1S/C27H28N2O3/c1-26(2)15-27(26,32)25(31)18-10-8-16-7-9-17-13-19(29-23-6-4-3-5-22(23)28)11-12-20(17)24(30)21(16)14-18/h3-6,8,10-14,25,29,31-32H,7,9,15,28H2,1-2H3/t25?,27-/m1/s1. The van der Waals surface area contributed by atoms with Crippen LogP contribution in [0.25, 0.3) is 0 Å². The zero-order valence-electron chi connectivity index (χ0n) is 18.4. The van der Waals surface area contributed by atoms with Crippen LogP contribution in [0.3, 0.4) is 0 Å². The maximum atomic E-state index is 13.4. The van der Waals surface area contributed by atoms with E-state index in [0.29, 0.717) is 28.8 Å². The molecule has 0 aromatic heterocycles. The van der Waals surface area contributed by atoms with Crippen LogP contribution in [-0.2, 0) is 12.8 Å². The number of hydrogen-bond donors (Lipinski definition) is 4. The Hall–Kier alpha value is -3.15. The predicted molar refractivity (Wildman–Crippen MR) is 126 cm³/mol. The van der Waals surface area contributed by atoms with Crippen LogP contribution in [-0.4, -0.2) is 21.6 Å². The highest BCUT2D eigenvalue weighted by molar-refractivity contribution is 6.11. The highest BCUT2D eigenvalue weighted by atomic mass is 16.3. The van der Waals surface area contributed by atoms with Gasteiger partial charge in [-0.05, 0) is 77.8 Å². The fourth-order valence-electron chi connectivity index (χ4n) is 4.85. The molecule has 5 N–H and O–H groups in total. The molecule has 0 amide bonds. The van der Waals surface area contributed by atoms with Crippen LogP contribution in [0.4, 0.5) is 17.1 Å². The molecular formula is C27H28N2O3. The number of carbonyl (C=O) groups excluding carboxylic acids is 1. The van der Waals surface area contributed by atoms with Gasteiger partial charge in [-0.3, -0.25) is 4.79 Å². The predicted octanol–water partition coefficient (Wildman–Crippen LogP) is 4.54. The van der Waals surface area contributed by atoms with Crippen molar-refractivity contribution in [1.82, 2.24) is 0 Å². The number of nitrogens with one attached hydrogen (secondary N) is 1. The average Bonchev–Trinajstić information content (AvgIpc) is 3.35. The highest BCUT2D eigenvalue weighted by Crippen LogP contribution is 2.61. The van der Waals surface area contributed by atoms with E-state index >= 15 is 0 Å². The van der Waals surface area contributed by atoms with Crippen LogP contribution in [0.5, 0.6) is 0 Å². The van der Waals surface area contributed by atoms with E-state index in [0.717, 1.165) is 35.3 Å². The van der Waals surface area contributed by atoms with Gasteiger partial charge in [0.15, 0.2) is 5.78 Å². The quantitative estimate of drug-likeness (QED) is 0.458. The summed E-state index contributed by atoms with van der Waals surface area (Å²) in [7, 11) is 0. The molecule has 0 saturated heterocycles. The van der Waals surface area contributed by atoms with E-state index in [1.807, 2.05) is 68.4 Å². The van der Waals surface area contributed by atoms with Crippen LogP contribution in [0, 0.1) is 5.41 Å². The molecule has 2 atom stereocenters. The Kier molecular flexibility index (Phi) is 4.66. The Bertz CT molecular complexity index is 1230. The molecule has 0 heterocycles.